The van der Waals surface area contributed by atoms with E-state index >= 15 is 0 Å². The van der Waals surface area contributed by atoms with Crippen LogP contribution in [0.3, 0.4) is 0 Å². The number of rotatable bonds is 5. The van der Waals surface area contributed by atoms with Gasteiger partial charge in [-0.25, -0.2) is 13.1 Å². The van der Waals surface area contributed by atoms with Gasteiger partial charge in [-0.2, -0.15) is 0 Å². The molecule has 0 aliphatic heterocycles. The summed E-state index contributed by atoms with van der Waals surface area (Å²) in [4.78, 5) is 0.0723. The maximum Gasteiger partial charge on any atom is 0.242 e. The topological polar surface area (TPSA) is 46.2 Å². The third-order valence-electron chi connectivity index (χ3n) is 1.97. The number of nitrogens with one attached hydrogen (secondary N) is 1. The molecule has 0 heterocycles. The van der Waals surface area contributed by atoms with Crippen LogP contribution >= 0.6 is 27.5 Å². The Balaban J connectivity index is 2.80. The van der Waals surface area contributed by atoms with Crippen LogP contribution in [0.5, 0.6) is 0 Å². The van der Waals surface area contributed by atoms with E-state index in [4.69, 9.17) is 18.0 Å². The van der Waals surface area contributed by atoms with Crippen molar-refractivity contribution < 1.29 is 8.42 Å². The van der Waals surface area contributed by atoms with Crippen LogP contribution in [0.1, 0.15) is 12.8 Å². The zero-order chi connectivity index (χ0) is 12.9. The van der Waals surface area contributed by atoms with Crippen molar-refractivity contribution in [2.24, 2.45) is 0 Å². The van der Waals surface area contributed by atoms with Crippen molar-refractivity contribution in [3.63, 3.8) is 0 Å². The first-order valence-electron chi connectivity index (χ1n) is 4.85. The van der Waals surface area contributed by atoms with Gasteiger partial charge >= 0.3 is 0 Å². The molecule has 1 rings (SSSR count). The van der Waals surface area contributed by atoms with Crippen molar-refractivity contribution in [2.75, 3.05) is 6.54 Å². The normalized spacial score (nSPS) is 11.1. The lowest BCUT2D eigenvalue weighted by Gasteiger charge is -2.07. The van der Waals surface area contributed by atoms with Gasteiger partial charge in [0.15, 0.2) is 0 Å². The summed E-state index contributed by atoms with van der Waals surface area (Å²) in [6.07, 6.45) is 6.22. The van der Waals surface area contributed by atoms with Gasteiger partial charge in [0.25, 0.3) is 0 Å². The number of sulfonamides is 1. The Kier molecular flexibility index (Phi) is 5.47. The molecule has 0 fully saturated rings. The van der Waals surface area contributed by atoms with Gasteiger partial charge in [0.05, 0.1) is 5.02 Å². The predicted octanol–water partition coefficient (Wildman–Crippen LogP) is 2.79. The van der Waals surface area contributed by atoms with Crippen molar-refractivity contribution >= 4 is 37.6 Å². The maximum absolute atomic E-state index is 11.9. The molecule has 0 atom stereocenters. The summed E-state index contributed by atoms with van der Waals surface area (Å²) < 4.78 is 26.9. The molecule has 0 aromatic heterocycles. The van der Waals surface area contributed by atoms with E-state index in [2.05, 4.69) is 26.6 Å². The van der Waals surface area contributed by atoms with Crippen LogP contribution in [0, 0.1) is 12.3 Å². The fraction of sp³-hybridized carbons (Fsp3) is 0.273. The second-order valence-corrected chi connectivity index (χ2v) is 6.34. The van der Waals surface area contributed by atoms with E-state index in [0.29, 0.717) is 19.4 Å². The third-order valence-corrected chi connectivity index (χ3v) is 4.41. The molecular weight excluding hydrogens is 326 g/mol. The van der Waals surface area contributed by atoms with Crippen molar-refractivity contribution in [3.05, 3.63) is 27.7 Å². The van der Waals surface area contributed by atoms with Gasteiger partial charge in [-0.15, -0.1) is 12.3 Å². The highest BCUT2D eigenvalue weighted by Gasteiger charge is 2.16. The van der Waals surface area contributed by atoms with E-state index in [9.17, 15) is 8.42 Å². The summed E-state index contributed by atoms with van der Waals surface area (Å²) >= 11 is 9.09. The van der Waals surface area contributed by atoms with Gasteiger partial charge in [0.2, 0.25) is 10.0 Å². The highest BCUT2D eigenvalue weighted by atomic mass is 79.9. The number of hydrogen-bond acceptors (Lipinski definition) is 2. The van der Waals surface area contributed by atoms with E-state index in [-0.39, 0.29) is 9.92 Å². The molecule has 17 heavy (non-hydrogen) atoms. The van der Waals surface area contributed by atoms with Crippen LogP contribution in [-0.4, -0.2) is 15.0 Å². The molecule has 3 nitrogen and oxygen atoms in total. The van der Waals surface area contributed by atoms with Gasteiger partial charge in [0, 0.05) is 17.4 Å². The molecule has 1 N–H and O–H groups in total. The minimum Gasteiger partial charge on any atom is -0.211 e. The van der Waals surface area contributed by atoms with Crippen LogP contribution in [0.25, 0.3) is 0 Å². The van der Waals surface area contributed by atoms with Crippen LogP contribution in [0.2, 0.25) is 5.02 Å². The SMILES string of the molecule is C#CCCCNS(=O)(=O)c1ccc(Br)cc1Cl. The molecule has 0 aliphatic rings. The van der Waals surface area contributed by atoms with Gasteiger partial charge in [-0.05, 0) is 24.6 Å². The van der Waals surface area contributed by atoms with Crippen molar-refractivity contribution in [3.8, 4) is 12.3 Å². The molecule has 0 unspecified atom stereocenters. The average molecular weight is 337 g/mol. The average Bonchev–Trinajstić information content (AvgIpc) is 2.24. The van der Waals surface area contributed by atoms with E-state index in [1.807, 2.05) is 0 Å². The Hall–Kier alpha value is -0.540. The second-order valence-electron chi connectivity index (χ2n) is 3.28. The molecule has 0 radical (unpaired) electrons. The van der Waals surface area contributed by atoms with Gasteiger partial charge in [0.1, 0.15) is 4.90 Å². The lowest BCUT2D eigenvalue weighted by atomic mass is 10.3. The summed E-state index contributed by atoms with van der Waals surface area (Å²) in [5.74, 6) is 2.45. The van der Waals surface area contributed by atoms with Gasteiger partial charge in [-0.1, -0.05) is 27.5 Å². The molecule has 0 aliphatic carbocycles. The Morgan fingerprint density at radius 2 is 2.18 bits per heavy atom. The number of terminal acetylenes is 1. The first kappa shape index (κ1) is 14.5. The van der Waals surface area contributed by atoms with Gasteiger partial charge < -0.3 is 0 Å². The summed E-state index contributed by atoms with van der Waals surface area (Å²) in [6.45, 7) is 0.304. The summed E-state index contributed by atoms with van der Waals surface area (Å²) in [7, 11) is -3.56. The molecule has 0 amide bonds. The Morgan fingerprint density at radius 3 is 2.76 bits per heavy atom. The quantitative estimate of drug-likeness (QED) is 0.664. The Bertz CT molecular complexity index is 537. The number of hydrogen-bond donors (Lipinski definition) is 1. The molecule has 0 saturated heterocycles. The van der Waals surface area contributed by atoms with Gasteiger partial charge in [-0.3, -0.25) is 0 Å². The summed E-state index contributed by atoms with van der Waals surface area (Å²) in [6, 6.07) is 4.62. The molecule has 1 aromatic rings. The predicted molar refractivity (Wildman–Crippen MR) is 72.4 cm³/mol. The first-order valence-corrected chi connectivity index (χ1v) is 7.51. The third kappa shape index (κ3) is 4.32. The van der Waals surface area contributed by atoms with Crippen molar-refractivity contribution in [1.29, 1.82) is 0 Å². The molecule has 1 aromatic carbocycles. The zero-order valence-corrected chi connectivity index (χ0v) is 12.1. The lowest BCUT2D eigenvalue weighted by molar-refractivity contribution is 0.580. The largest absolute Gasteiger partial charge is 0.242 e. The smallest absolute Gasteiger partial charge is 0.211 e. The molecule has 0 saturated carbocycles. The van der Waals surface area contributed by atoms with E-state index in [1.54, 1.807) is 6.07 Å². The highest BCUT2D eigenvalue weighted by molar-refractivity contribution is 9.10. The van der Waals surface area contributed by atoms with Crippen LogP contribution in [-0.2, 0) is 10.0 Å². The first-order chi connectivity index (χ1) is 7.97. The summed E-state index contributed by atoms with van der Waals surface area (Å²) in [5, 5.41) is 0.184. The van der Waals surface area contributed by atoms with Crippen LogP contribution in [0.15, 0.2) is 27.6 Å². The monoisotopic (exact) mass is 335 g/mol. The fourth-order valence-corrected chi connectivity index (χ4v) is 3.28. The molecule has 0 bridgehead atoms. The standard InChI is InChI=1S/C11H11BrClNO2S/c1-2-3-4-7-14-17(15,16)11-6-5-9(12)8-10(11)13/h1,5-6,8,14H,3-4,7H2. The number of halogens is 2. The van der Waals surface area contributed by atoms with Crippen LogP contribution in [0.4, 0.5) is 0 Å². The van der Waals surface area contributed by atoms with Crippen molar-refractivity contribution in [2.45, 2.75) is 17.7 Å². The zero-order valence-electron chi connectivity index (χ0n) is 8.91. The Morgan fingerprint density at radius 1 is 1.47 bits per heavy atom. The van der Waals surface area contributed by atoms with E-state index in [1.165, 1.54) is 12.1 Å². The molecular formula is C11H11BrClNO2S. The molecule has 0 spiro atoms. The second kappa shape index (κ2) is 6.41. The number of benzene rings is 1. The molecule has 6 heteroatoms. The maximum atomic E-state index is 11.9. The number of unbranched alkanes of at least 4 members (excludes halogenated alkanes) is 1. The van der Waals surface area contributed by atoms with E-state index < -0.39 is 10.0 Å². The fourth-order valence-electron chi connectivity index (χ4n) is 1.17. The van der Waals surface area contributed by atoms with Crippen LogP contribution < -0.4 is 4.72 Å². The Labute approximate surface area is 115 Å². The summed E-state index contributed by atoms with van der Waals surface area (Å²) in [5.41, 5.74) is 0. The minimum absolute atomic E-state index is 0.0723. The highest BCUT2D eigenvalue weighted by Crippen LogP contribution is 2.24. The minimum atomic E-state index is -3.56. The van der Waals surface area contributed by atoms with Crippen molar-refractivity contribution in [1.82, 2.24) is 4.72 Å². The molecule has 92 valence electrons. The van der Waals surface area contributed by atoms with E-state index in [0.717, 1.165) is 4.47 Å². The lowest BCUT2D eigenvalue weighted by Crippen LogP contribution is -2.25.